The Morgan fingerprint density at radius 2 is 2.21 bits per heavy atom. The lowest BCUT2D eigenvalue weighted by atomic mass is 9.89. The number of H-pyrrole nitrogens is 1. The number of aryl methyl sites for hydroxylation is 2. The van der Waals surface area contributed by atoms with Crippen LogP contribution in [0.2, 0.25) is 0 Å². The largest absolute Gasteiger partial charge is 0.456 e. The number of hydrogen-bond donors (Lipinski definition) is 1. The molecular formula is C19H21N3O6S. The van der Waals surface area contributed by atoms with Crippen molar-refractivity contribution < 1.29 is 23.9 Å². The number of aromatic nitrogens is 2. The zero-order valence-electron chi connectivity index (χ0n) is 16.0. The molecule has 1 aliphatic heterocycles. The van der Waals surface area contributed by atoms with Gasteiger partial charge in [0, 0.05) is 11.3 Å². The maximum absolute atomic E-state index is 12.6. The van der Waals surface area contributed by atoms with Gasteiger partial charge in [-0.2, -0.15) is 0 Å². The monoisotopic (exact) mass is 419 g/mol. The molecule has 1 N–H and O–H groups in total. The molecule has 1 atom stereocenters. The highest BCUT2D eigenvalue weighted by atomic mass is 32.1. The Kier molecular flexibility index (Phi) is 5.35. The highest BCUT2D eigenvalue weighted by molar-refractivity contribution is 7.18. The summed E-state index contributed by atoms with van der Waals surface area (Å²) in [6, 6.07) is 0. The number of amides is 2. The van der Waals surface area contributed by atoms with Crippen LogP contribution < -0.4 is 5.56 Å². The maximum atomic E-state index is 12.6. The third-order valence-electron chi connectivity index (χ3n) is 5.20. The van der Waals surface area contributed by atoms with Crippen LogP contribution >= 0.6 is 11.3 Å². The summed E-state index contributed by atoms with van der Waals surface area (Å²) in [5.41, 5.74) is 0.940. The van der Waals surface area contributed by atoms with Crippen molar-refractivity contribution in [2.24, 2.45) is 5.92 Å². The van der Waals surface area contributed by atoms with E-state index in [0.29, 0.717) is 22.0 Å². The molecule has 0 aromatic carbocycles. The van der Waals surface area contributed by atoms with E-state index in [-0.39, 0.29) is 31.6 Å². The first kappa shape index (κ1) is 19.6. The number of ether oxygens (including phenoxy) is 2. The van der Waals surface area contributed by atoms with Crippen LogP contribution in [0.3, 0.4) is 0 Å². The second-order valence-corrected chi connectivity index (χ2v) is 8.45. The van der Waals surface area contributed by atoms with Crippen molar-refractivity contribution in [3.05, 3.63) is 26.6 Å². The number of nitrogens with zero attached hydrogens (tertiary/aromatic N) is 2. The third-order valence-corrected chi connectivity index (χ3v) is 6.35. The van der Waals surface area contributed by atoms with Gasteiger partial charge in [0.1, 0.15) is 17.3 Å². The number of esters is 1. The minimum Gasteiger partial charge on any atom is -0.456 e. The Balaban J connectivity index is 1.37. The van der Waals surface area contributed by atoms with Crippen molar-refractivity contribution in [3.63, 3.8) is 0 Å². The van der Waals surface area contributed by atoms with Crippen molar-refractivity contribution in [3.8, 4) is 0 Å². The molecule has 10 heteroatoms. The van der Waals surface area contributed by atoms with Gasteiger partial charge < -0.3 is 14.5 Å². The van der Waals surface area contributed by atoms with E-state index in [1.807, 2.05) is 0 Å². The summed E-state index contributed by atoms with van der Waals surface area (Å²) < 4.78 is 9.59. The first-order chi connectivity index (χ1) is 13.9. The molecule has 0 bridgehead atoms. The number of hydrogen-bond acceptors (Lipinski definition) is 8. The number of aromatic amines is 1. The number of cyclic esters (lactones) is 1. The van der Waals surface area contributed by atoms with E-state index >= 15 is 0 Å². The predicted octanol–water partition coefficient (Wildman–Crippen LogP) is 1.56. The van der Waals surface area contributed by atoms with E-state index in [1.54, 1.807) is 11.3 Å². The van der Waals surface area contributed by atoms with Gasteiger partial charge >= 0.3 is 12.1 Å². The molecule has 2 aliphatic rings. The standard InChI is InChI=1S/C19H21N3O6S/c1-10-2-3-11-12(8-10)29-18-16(11)17(25)20-13(21-18)4-5-15(24)28-9-14(23)22-6-7-27-19(22)26/h10H,2-9H2,1H3,(H,20,21,25)/t10-/m0/s1. The predicted molar refractivity (Wildman–Crippen MR) is 104 cm³/mol. The Morgan fingerprint density at radius 3 is 2.97 bits per heavy atom. The quantitative estimate of drug-likeness (QED) is 0.731. The molecule has 2 amide bonds. The Morgan fingerprint density at radius 1 is 1.38 bits per heavy atom. The van der Waals surface area contributed by atoms with Gasteiger partial charge in [0.15, 0.2) is 6.61 Å². The van der Waals surface area contributed by atoms with E-state index in [1.165, 1.54) is 4.88 Å². The highest BCUT2D eigenvalue weighted by Gasteiger charge is 2.29. The van der Waals surface area contributed by atoms with Crippen LogP contribution in [0.25, 0.3) is 10.2 Å². The number of rotatable bonds is 5. The molecule has 0 saturated carbocycles. The smallest absolute Gasteiger partial charge is 0.416 e. The van der Waals surface area contributed by atoms with E-state index in [9.17, 15) is 19.2 Å². The molecule has 1 fully saturated rings. The fraction of sp³-hybridized carbons (Fsp3) is 0.526. The first-order valence-electron chi connectivity index (χ1n) is 9.58. The van der Waals surface area contributed by atoms with Crippen molar-refractivity contribution in [2.45, 2.75) is 39.0 Å². The van der Waals surface area contributed by atoms with Gasteiger partial charge in [0.05, 0.1) is 18.4 Å². The minimum absolute atomic E-state index is 0.0334. The summed E-state index contributed by atoms with van der Waals surface area (Å²) in [6.07, 6.45) is 2.37. The Bertz CT molecular complexity index is 1040. The average Bonchev–Trinajstić information content (AvgIpc) is 3.27. The summed E-state index contributed by atoms with van der Waals surface area (Å²) in [4.78, 5) is 57.8. The summed E-state index contributed by atoms with van der Waals surface area (Å²) in [5, 5.41) is 0.673. The van der Waals surface area contributed by atoms with Crippen LogP contribution in [0.5, 0.6) is 0 Å². The number of imide groups is 1. The Labute approximate surface area is 170 Å². The topological polar surface area (TPSA) is 119 Å². The van der Waals surface area contributed by atoms with Crippen LogP contribution in [0, 0.1) is 5.92 Å². The van der Waals surface area contributed by atoms with Crippen molar-refractivity contribution in [2.75, 3.05) is 19.8 Å². The minimum atomic E-state index is -0.728. The lowest BCUT2D eigenvalue weighted by molar-refractivity contribution is -0.150. The number of carbonyl (C=O) groups excluding carboxylic acids is 3. The van der Waals surface area contributed by atoms with E-state index in [2.05, 4.69) is 21.6 Å². The summed E-state index contributed by atoms with van der Waals surface area (Å²) >= 11 is 1.55. The van der Waals surface area contributed by atoms with Gasteiger partial charge in [-0.1, -0.05) is 6.92 Å². The van der Waals surface area contributed by atoms with Gasteiger partial charge in [-0.05, 0) is 30.7 Å². The molecule has 2 aromatic heterocycles. The molecule has 1 aliphatic carbocycles. The molecule has 1 saturated heterocycles. The second-order valence-electron chi connectivity index (χ2n) is 7.36. The van der Waals surface area contributed by atoms with Crippen molar-refractivity contribution in [1.82, 2.24) is 14.9 Å². The summed E-state index contributed by atoms with van der Waals surface area (Å²) in [5.74, 6) is -0.199. The molecule has 3 heterocycles. The lowest BCUT2D eigenvalue weighted by Crippen LogP contribution is -2.35. The summed E-state index contributed by atoms with van der Waals surface area (Å²) in [6.45, 7) is 1.99. The normalized spacial score (nSPS) is 18.6. The van der Waals surface area contributed by atoms with Crippen LogP contribution in [0.4, 0.5) is 4.79 Å². The number of thiophene rings is 1. The van der Waals surface area contributed by atoms with E-state index in [4.69, 9.17) is 4.74 Å². The molecule has 29 heavy (non-hydrogen) atoms. The molecule has 9 nitrogen and oxygen atoms in total. The van der Waals surface area contributed by atoms with Gasteiger partial charge in [-0.15, -0.1) is 11.3 Å². The van der Waals surface area contributed by atoms with E-state index < -0.39 is 24.6 Å². The molecule has 0 radical (unpaired) electrons. The number of nitrogens with one attached hydrogen (secondary N) is 1. The fourth-order valence-corrected chi connectivity index (χ4v) is 5.05. The average molecular weight is 419 g/mol. The van der Waals surface area contributed by atoms with Crippen LogP contribution in [0.15, 0.2) is 4.79 Å². The van der Waals surface area contributed by atoms with Crippen molar-refractivity contribution >= 4 is 39.5 Å². The lowest BCUT2D eigenvalue weighted by Gasteiger charge is -2.17. The Hall–Kier alpha value is -2.75. The van der Waals surface area contributed by atoms with Gasteiger partial charge in [0.2, 0.25) is 0 Å². The fourth-order valence-electron chi connectivity index (χ4n) is 3.64. The maximum Gasteiger partial charge on any atom is 0.416 e. The van der Waals surface area contributed by atoms with Gasteiger partial charge in [0.25, 0.3) is 11.5 Å². The van der Waals surface area contributed by atoms with E-state index in [0.717, 1.165) is 29.7 Å². The van der Waals surface area contributed by atoms with Gasteiger partial charge in [-0.3, -0.25) is 14.4 Å². The molecule has 0 spiro atoms. The molecule has 4 rings (SSSR count). The zero-order chi connectivity index (χ0) is 20.5. The summed E-state index contributed by atoms with van der Waals surface area (Å²) in [7, 11) is 0. The molecule has 2 aromatic rings. The molecule has 154 valence electrons. The zero-order valence-corrected chi connectivity index (χ0v) is 16.8. The van der Waals surface area contributed by atoms with Crippen LogP contribution in [-0.2, 0) is 38.3 Å². The molecular weight excluding hydrogens is 398 g/mol. The SMILES string of the molecule is C[C@H]1CCc2c(sc3nc(CCC(=O)OCC(=O)N4CCOC4=O)[nH]c(=O)c23)C1. The van der Waals surface area contributed by atoms with Crippen LogP contribution in [-0.4, -0.2) is 52.6 Å². The first-order valence-corrected chi connectivity index (χ1v) is 10.4. The van der Waals surface area contributed by atoms with Gasteiger partial charge in [-0.25, -0.2) is 14.7 Å². The molecule has 0 unspecified atom stereocenters. The highest BCUT2D eigenvalue weighted by Crippen LogP contribution is 2.35. The second kappa shape index (κ2) is 7.94. The third kappa shape index (κ3) is 4.02. The number of fused-ring (bicyclic) bond motifs is 3. The number of carbonyl (C=O) groups is 3. The van der Waals surface area contributed by atoms with Crippen LogP contribution in [0.1, 0.15) is 36.0 Å². The van der Waals surface area contributed by atoms with Crippen molar-refractivity contribution in [1.29, 1.82) is 0 Å².